The number of unbranched alkanes of at least 4 members (excludes halogenated alkanes) is 17. The van der Waals surface area contributed by atoms with Gasteiger partial charge in [0, 0.05) is 19.3 Å². The third kappa shape index (κ3) is 42.5. The molecule has 0 aliphatic heterocycles. The topological polar surface area (TPSA) is 155 Å². The molecule has 0 fully saturated rings. The molecule has 3 atom stereocenters. The van der Waals surface area contributed by atoms with Crippen LogP contribution in [0.4, 0.5) is 0 Å². The molecule has 11 nitrogen and oxygen atoms in total. The van der Waals surface area contributed by atoms with Crippen molar-refractivity contribution < 1.29 is 52.2 Å². The molecule has 0 aromatic rings. The lowest BCUT2D eigenvalue weighted by Gasteiger charge is -2.21. The van der Waals surface area contributed by atoms with Crippen LogP contribution in [-0.2, 0) is 42.2 Å². The van der Waals surface area contributed by atoms with Crippen LogP contribution in [0.15, 0.2) is 60.8 Å². The summed E-state index contributed by atoms with van der Waals surface area (Å²) < 4.78 is 39.1. The van der Waals surface area contributed by atoms with Crippen molar-refractivity contribution >= 4 is 25.7 Å². The maximum Gasteiger partial charge on any atom is 0.472 e. The summed E-state index contributed by atoms with van der Waals surface area (Å²) in [6.45, 7) is 4.38. The third-order valence-electron chi connectivity index (χ3n) is 9.92. The van der Waals surface area contributed by atoms with E-state index in [4.69, 9.17) is 23.3 Å². The fourth-order valence-electron chi connectivity index (χ4n) is 6.21. The first kappa shape index (κ1) is 59.2. The minimum atomic E-state index is -4.74. The maximum atomic E-state index is 12.8. The SMILES string of the molecule is CC/C=C\C/C=C\C/C=C\C/C=C\CCCCC(=O)OC(COC(=O)CCCCCCCCCCC)COP(=O)(O)OCC(CO)OC(=O)CCCCCCC/C=C\CCCC. The number of carbonyl (C=O) groups excluding carboxylic acids is 3. The zero-order chi connectivity index (χ0) is 45.6. The Kier molecular flexibility index (Phi) is 42.7. The molecule has 0 bridgehead atoms. The Morgan fingerprint density at radius 1 is 0.468 bits per heavy atom. The van der Waals surface area contributed by atoms with Gasteiger partial charge in [-0.1, -0.05) is 165 Å². The van der Waals surface area contributed by atoms with Crippen molar-refractivity contribution in [2.24, 2.45) is 0 Å². The highest BCUT2D eigenvalue weighted by Crippen LogP contribution is 2.43. The number of aliphatic hydroxyl groups is 1. The van der Waals surface area contributed by atoms with Crippen molar-refractivity contribution in [3.8, 4) is 0 Å². The van der Waals surface area contributed by atoms with Crippen LogP contribution >= 0.6 is 7.82 Å². The van der Waals surface area contributed by atoms with E-state index < -0.39 is 57.8 Å². The molecule has 0 heterocycles. The van der Waals surface area contributed by atoms with Crippen LogP contribution in [0.1, 0.15) is 201 Å². The molecule has 2 N–H and O–H groups in total. The van der Waals surface area contributed by atoms with Crippen molar-refractivity contribution in [2.75, 3.05) is 26.4 Å². The fraction of sp³-hybridized carbons (Fsp3) is 0.740. The summed E-state index contributed by atoms with van der Waals surface area (Å²) in [5, 5.41) is 9.73. The van der Waals surface area contributed by atoms with Crippen LogP contribution in [0, 0.1) is 0 Å². The number of esters is 3. The second kappa shape index (κ2) is 44.8. The largest absolute Gasteiger partial charge is 0.472 e. The van der Waals surface area contributed by atoms with Crippen molar-refractivity contribution in [3.63, 3.8) is 0 Å². The number of ether oxygens (including phenoxy) is 3. The second-order valence-electron chi connectivity index (χ2n) is 15.9. The lowest BCUT2D eigenvalue weighted by Crippen LogP contribution is -2.30. The average molecular weight is 895 g/mol. The number of phosphoric acid groups is 1. The average Bonchev–Trinajstić information content (AvgIpc) is 3.25. The Hall–Kier alpha value is -2.82. The smallest absolute Gasteiger partial charge is 0.462 e. The monoisotopic (exact) mass is 895 g/mol. The van der Waals surface area contributed by atoms with Gasteiger partial charge in [-0.25, -0.2) is 4.57 Å². The van der Waals surface area contributed by atoms with Crippen molar-refractivity contribution in [2.45, 2.75) is 213 Å². The lowest BCUT2D eigenvalue weighted by molar-refractivity contribution is -0.161. The first-order valence-electron chi connectivity index (χ1n) is 24.2. The first-order valence-corrected chi connectivity index (χ1v) is 25.7. The molecule has 3 unspecified atom stereocenters. The summed E-state index contributed by atoms with van der Waals surface area (Å²) >= 11 is 0. The molecular weight excluding hydrogens is 808 g/mol. The van der Waals surface area contributed by atoms with E-state index in [1.165, 1.54) is 44.9 Å². The van der Waals surface area contributed by atoms with Crippen LogP contribution in [0.2, 0.25) is 0 Å². The predicted octanol–water partition coefficient (Wildman–Crippen LogP) is 13.2. The molecule has 12 heteroatoms. The minimum absolute atomic E-state index is 0.115. The van der Waals surface area contributed by atoms with Gasteiger partial charge in [-0.3, -0.25) is 23.4 Å². The highest BCUT2D eigenvalue weighted by molar-refractivity contribution is 7.47. The fourth-order valence-corrected chi connectivity index (χ4v) is 6.99. The number of hydrogen-bond acceptors (Lipinski definition) is 10. The molecule has 0 aliphatic rings. The quantitative estimate of drug-likeness (QED) is 0.0197. The Bertz CT molecular complexity index is 1280. The molecular formula is C50H87O11P. The van der Waals surface area contributed by atoms with Gasteiger partial charge in [0.05, 0.1) is 19.8 Å². The van der Waals surface area contributed by atoms with E-state index in [0.29, 0.717) is 19.3 Å². The van der Waals surface area contributed by atoms with Gasteiger partial charge in [0.15, 0.2) is 6.10 Å². The van der Waals surface area contributed by atoms with Crippen molar-refractivity contribution in [1.29, 1.82) is 0 Å². The van der Waals surface area contributed by atoms with Gasteiger partial charge in [-0.15, -0.1) is 0 Å². The Labute approximate surface area is 376 Å². The molecule has 0 aromatic heterocycles. The Balaban J connectivity index is 4.81. The summed E-state index contributed by atoms with van der Waals surface area (Å²) in [5.41, 5.74) is 0. The van der Waals surface area contributed by atoms with Gasteiger partial charge in [0.1, 0.15) is 12.7 Å². The molecule has 358 valence electrons. The van der Waals surface area contributed by atoms with E-state index in [1.54, 1.807) is 0 Å². The summed E-state index contributed by atoms with van der Waals surface area (Å²) in [4.78, 5) is 48.0. The van der Waals surface area contributed by atoms with Gasteiger partial charge in [0.25, 0.3) is 0 Å². The number of allylic oxidation sites excluding steroid dienone is 10. The standard InChI is InChI=1S/C50H87O11P/c1-4-7-10-13-16-19-21-22-23-24-26-29-32-35-38-41-50(54)61-47(43-57-48(52)39-36-33-30-27-18-15-12-9-6-3)45-59-62(55,56)58-44-46(42-51)60-49(53)40-37-34-31-28-25-20-17-14-11-8-5-2/h7,10,14,16-17,19,22-23,26,29,46-47,51H,4-6,8-9,11-13,15,18,20-21,24-25,27-28,30-45H2,1-3H3,(H,55,56)/b10-7-,17-14-,19-16-,23-22-,29-26-. The van der Waals surface area contributed by atoms with E-state index >= 15 is 0 Å². The van der Waals surface area contributed by atoms with Crippen molar-refractivity contribution in [3.05, 3.63) is 60.8 Å². The molecule has 0 spiro atoms. The molecule has 62 heavy (non-hydrogen) atoms. The Morgan fingerprint density at radius 3 is 1.39 bits per heavy atom. The molecule has 0 radical (unpaired) electrons. The van der Waals surface area contributed by atoms with Crippen molar-refractivity contribution in [1.82, 2.24) is 0 Å². The van der Waals surface area contributed by atoms with Crippen LogP contribution in [-0.4, -0.2) is 66.5 Å². The Morgan fingerprint density at radius 2 is 0.855 bits per heavy atom. The summed E-state index contributed by atoms with van der Waals surface area (Å²) in [7, 11) is -4.74. The summed E-state index contributed by atoms with van der Waals surface area (Å²) in [6.07, 6.45) is 45.0. The van der Waals surface area contributed by atoms with Gasteiger partial charge < -0.3 is 24.2 Å². The molecule has 0 saturated heterocycles. The molecule has 0 rings (SSSR count). The third-order valence-corrected chi connectivity index (χ3v) is 10.9. The second-order valence-corrected chi connectivity index (χ2v) is 17.3. The summed E-state index contributed by atoms with van der Waals surface area (Å²) in [6, 6.07) is 0. The molecule has 0 aliphatic carbocycles. The molecule has 0 saturated carbocycles. The van der Waals surface area contributed by atoms with E-state index in [9.17, 15) is 28.9 Å². The number of carbonyl (C=O) groups is 3. The zero-order valence-electron chi connectivity index (χ0n) is 39.1. The number of rotatable bonds is 44. The molecule has 0 amide bonds. The van der Waals surface area contributed by atoms with Crippen LogP contribution in [0.25, 0.3) is 0 Å². The maximum absolute atomic E-state index is 12.8. The van der Waals surface area contributed by atoms with Gasteiger partial charge in [-0.2, -0.15) is 0 Å². The normalized spacial score (nSPS) is 14.1. The summed E-state index contributed by atoms with van der Waals surface area (Å²) in [5.74, 6) is -1.53. The highest BCUT2D eigenvalue weighted by Gasteiger charge is 2.28. The van der Waals surface area contributed by atoms with Crippen LogP contribution in [0.5, 0.6) is 0 Å². The first-order chi connectivity index (χ1) is 30.2. The predicted molar refractivity (Wildman–Crippen MR) is 252 cm³/mol. The number of phosphoric ester groups is 1. The number of hydrogen-bond donors (Lipinski definition) is 2. The van der Waals surface area contributed by atoms with E-state index in [2.05, 4.69) is 81.5 Å². The zero-order valence-corrected chi connectivity index (χ0v) is 40.0. The highest BCUT2D eigenvalue weighted by atomic mass is 31.2. The van der Waals surface area contributed by atoms with E-state index in [1.807, 2.05) is 0 Å². The van der Waals surface area contributed by atoms with Gasteiger partial charge in [-0.05, 0) is 77.0 Å². The van der Waals surface area contributed by atoms with Gasteiger partial charge in [0.2, 0.25) is 0 Å². The number of aliphatic hydroxyl groups excluding tert-OH is 1. The van der Waals surface area contributed by atoms with Gasteiger partial charge >= 0.3 is 25.7 Å². The van der Waals surface area contributed by atoms with E-state index in [0.717, 1.165) is 96.3 Å². The minimum Gasteiger partial charge on any atom is -0.462 e. The molecule has 0 aromatic carbocycles. The van der Waals surface area contributed by atoms with E-state index in [-0.39, 0.29) is 25.9 Å². The lowest BCUT2D eigenvalue weighted by atomic mass is 10.1. The van der Waals surface area contributed by atoms with Crippen LogP contribution in [0.3, 0.4) is 0 Å². The van der Waals surface area contributed by atoms with Crippen LogP contribution < -0.4 is 0 Å².